The van der Waals surface area contributed by atoms with Crippen molar-refractivity contribution in [2.24, 2.45) is 0 Å². The fourth-order valence-electron chi connectivity index (χ4n) is 2.78. The Balaban J connectivity index is 1.50. The molecule has 0 spiro atoms. The fraction of sp³-hybridized carbons (Fsp3) is 0.100. The molecule has 0 atom stereocenters. The molecule has 29 heavy (non-hydrogen) atoms. The van der Waals surface area contributed by atoms with Crippen LogP contribution in [-0.2, 0) is 16.6 Å². The molecule has 0 aliphatic heterocycles. The third-order valence-corrected chi connectivity index (χ3v) is 5.96. The van der Waals surface area contributed by atoms with E-state index in [1.807, 2.05) is 12.1 Å². The third-order valence-electron chi connectivity index (χ3n) is 4.31. The van der Waals surface area contributed by atoms with Crippen LogP contribution in [0.3, 0.4) is 0 Å². The maximum Gasteiger partial charge on any atom is 0.242 e. The largest absolute Gasteiger partial charge is 0.497 e. The predicted molar refractivity (Wildman–Crippen MR) is 109 cm³/mol. The predicted octanol–water partition coefficient (Wildman–Crippen LogP) is 4.03. The van der Waals surface area contributed by atoms with Gasteiger partial charge in [-0.25, -0.2) is 13.1 Å². The lowest BCUT2D eigenvalue weighted by atomic mass is 10.1. The number of hydrogen-bond acceptors (Lipinski definition) is 6. The van der Waals surface area contributed by atoms with Gasteiger partial charge < -0.3 is 9.26 Å². The number of aromatic nitrogens is 2. The van der Waals surface area contributed by atoms with Crippen molar-refractivity contribution in [1.29, 1.82) is 0 Å². The van der Waals surface area contributed by atoms with Gasteiger partial charge in [-0.3, -0.25) is 0 Å². The minimum Gasteiger partial charge on any atom is -0.497 e. The van der Waals surface area contributed by atoms with E-state index >= 15 is 0 Å². The molecule has 0 bridgehead atoms. The van der Waals surface area contributed by atoms with Crippen molar-refractivity contribution in [2.45, 2.75) is 11.4 Å². The smallest absolute Gasteiger partial charge is 0.242 e. The molecule has 1 aromatic heterocycles. The van der Waals surface area contributed by atoms with Gasteiger partial charge in [-0.05, 0) is 59.3 Å². The molecule has 4 rings (SSSR count). The summed E-state index contributed by atoms with van der Waals surface area (Å²) in [5.74, 6) is 1.22. The molecule has 0 saturated carbocycles. The minimum absolute atomic E-state index is 0.121. The summed E-state index contributed by atoms with van der Waals surface area (Å²) in [6.45, 7) is -0.121. The standard InChI is InChI=1S/C20H16ClN3O4S/c1-27-17-8-4-15-11-18(9-5-14(15)10-17)29(25,26)22-12-19-23-20(24-28-19)13-2-6-16(21)7-3-13/h2-11,22H,12H2,1H3. The van der Waals surface area contributed by atoms with Crippen LogP contribution in [0.5, 0.6) is 5.75 Å². The molecule has 1 heterocycles. The van der Waals surface area contributed by atoms with Gasteiger partial charge >= 0.3 is 0 Å². The van der Waals surface area contributed by atoms with Crippen molar-refractivity contribution >= 4 is 32.4 Å². The average Bonchev–Trinajstić information content (AvgIpc) is 3.21. The lowest BCUT2D eigenvalue weighted by molar-refractivity contribution is 0.376. The first-order valence-electron chi connectivity index (χ1n) is 8.60. The molecular weight excluding hydrogens is 414 g/mol. The highest BCUT2D eigenvalue weighted by Gasteiger charge is 2.17. The van der Waals surface area contributed by atoms with Gasteiger partial charge in [-0.1, -0.05) is 28.9 Å². The van der Waals surface area contributed by atoms with Gasteiger partial charge in [0.2, 0.25) is 21.7 Å². The molecule has 1 N–H and O–H groups in total. The molecule has 0 aliphatic carbocycles. The number of hydrogen-bond donors (Lipinski definition) is 1. The average molecular weight is 430 g/mol. The van der Waals surface area contributed by atoms with Crippen molar-refractivity contribution < 1.29 is 17.7 Å². The summed E-state index contributed by atoms with van der Waals surface area (Å²) >= 11 is 5.87. The second-order valence-corrected chi connectivity index (χ2v) is 8.42. The topological polar surface area (TPSA) is 94.3 Å². The zero-order valence-corrected chi connectivity index (χ0v) is 16.9. The van der Waals surface area contributed by atoms with E-state index < -0.39 is 10.0 Å². The zero-order chi connectivity index (χ0) is 20.4. The number of sulfonamides is 1. The summed E-state index contributed by atoms with van der Waals surface area (Å²) in [6, 6.07) is 17.2. The molecule has 0 amide bonds. The second-order valence-electron chi connectivity index (χ2n) is 6.22. The van der Waals surface area contributed by atoms with E-state index in [9.17, 15) is 8.42 Å². The summed E-state index contributed by atoms with van der Waals surface area (Å²) in [5.41, 5.74) is 0.720. The molecule has 0 radical (unpaired) electrons. The van der Waals surface area contributed by atoms with Crippen LogP contribution in [0.2, 0.25) is 5.02 Å². The number of halogens is 1. The Morgan fingerprint density at radius 2 is 1.76 bits per heavy atom. The van der Waals surface area contributed by atoms with Crippen LogP contribution >= 0.6 is 11.6 Å². The monoisotopic (exact) mass is 429 g/mol. The number of benzene rings is 3. The molecule has 0 saturated heterocycles. The highest BCUT2D eigenvalue weighted by atomic mass is 35.5. The Labute approximate surface area is 172 Å². The quantitative estimate of drug-likeness (QED) is 0.497. The molecule has 0 fully saturated rings. The number of fused-ring (bicyclic) bond motifs is 1. The van der Waals surface area contributed by atoms with E-state index in [1.165, 1.54) is 6.07 Å². The number of ether oxygens (including phenoxy) is 1. The van der Waals surface area contributed by atoms with Gasteiger partial charge in [0.25, 0.3) is 0 Å². The highest BCUT2D eigenvalue weighted by molar-refractivity contribution is 7.89. The van der Waals surface area contributed by atoms with E-state index in [1.54, 1.807) is 49.6 Å². The maximum absolute atomic E-state index is 12.6. The molecule has 4 aromatic rings. The van der Waals surface area contributed by atoms with E-state index in [4.69, 9.17) is 20.9 Å². The van der Waals surface area contributed by atoms with Crippen LogP contribution in [0.1, 0.15) is 5.89 Å². The Hall–Kier alpha value is -2.94. The van der Waals surface area contributed by atoms with Gasteiger partial charge in [-0.15, -0.1) is 0 Å². The van der Waals surface area contributed by atoms with Crippen molar-refractivity contribution in [2.75, 3.05) is 7.11 Å². The summed E-state index contributed by atoms with van der Waals surface area (Å²) < 4.78 is 38.1. The first-order valence-corrected chi connectivity index (χ1v) is 10.5. The Morgan fingerprint density at radius 3 is 2.52 bits per heavy atom. The van der Waals surface area contributed by atoms with E-state index in [2.05, 4.69) is 14.9 Å². The Kier molecular flexibility index (Phi) is 5.23. The molecule has 3 aromatic carbocycles. The van der Waals surface area contributed by atoms with E-state index in [0.29, 0.717) is 16.6 Å². The van der Waals surface area contributed by atoms with Gasteiger partial charge in [0.05, 0.1) is 18.6 Å². The first kappa shape index (κ1) is 19.4. The number of methoxy groups -OCH3 is 1. The molecule has 9 heteroatoms. The zero-order valence-electron chi connectivity index (χ0n) is 15.3. The van der Waals surface area contributed by atoms with E-state index in [-0.39, 0.29) is 17.3 Å². The number of nitrogens with one attached hydrogen (secondary N) is 1. The fourth-order valence-corrected chi connectivity index (χ4v) is 3.91. The van der Waals surface area contributed by atoms with Crippen molar-refractivity contribution in [3.63, 3.8) is 0 Å². The molecule has 148 valence electrons. The van der Waals surface area contributed by atoms with E-state index in [0.717, 1.165) is 16.3 Å². The first-order chi connectivity index (χ1) is 13.9. The Bertz CT molecular complexity index is 1270. The van der Waals surface area contributed by atoms with Crippen molar-refractivity contribution in [3.05, 3.63) is 71.6 Å². The van der Waals surface area contributed by atoms with Gasteiger partial charge in [0.1, 0.15) is 5.75 Å². The molecule has 7 nitrogen and oxygen atoms in total. The van der Waals surface area contributed by atoms with Gasteiger partial charge in [0, 0.05) is 10.6 Å². The van der Waals surface area contributed by atoms with Gasteiger partial charge in [-0.2, -0.15) is 4.98 Å². The summed E-state index contributed by atoms with van der Waals surface area (Å²) in [6.07, 6.45) is 0. The third kappa shape index (κ3) is 4.24. The van der Waals surface area contributed by atoms with Crippen LogP contribution in [0.25, 0.3) is 22.2 Å². The lowest BCUT2D eigenvalue weighted by Gasteiger charge is -2.07. The normalized spacial score (nSPS) is 11.7. The van der Waals surface area contributed by atoms with Crippen molar-refractivity contribution in [3.8, 4) is 17.1 Å². The Morgan fingerprint density at radius 1 is 1.03 bits per heavy atom. The SMILES string of the molecule is COc1ccc2cc(S(=O)(=O)NCc3nc(-c4ccc(Cl)cc4)no3)ccc2c1. The molecular formula is C20H16ClN3O4S. The van der Waals surface area contributed by atoms with Crippen LogP contribution in [0, 0.1) is 0 Å². The van der Waals surface area contributed by atoms with Crippen LogP contribution in [0.15, 0.2) is 70.1 Å². The summed E-state index contributed by atoms with van der Waals surface area (Å²) in [4.78, 5) is 4.36. The van der Waals surface area contributed by atoms with Crippen LogP contribution in [0.4, 0.5) is 0 Å². The summed E-state index contributed by atoms with van der Waals surface area (Å²) in [7, 11) is -2.17. The lowest BCUT2D eigenvalue weighted by Crippen LogP contribution is -2.23. The van der Waals surface area contributed by atoms with Crippen LogP contribution < -0.4 is 9.46 Å². The second kappa shape index (κ2) is 7.82. The number of rotatable bonds is 6. The maximum atomic E-state index is 12.6. The number of nitrogens with zero attached hydrogens (tertiary/aromatic N) is 2. The minimum atomic E-state index is -3.75. The van der Waals surface area contributed by atoms with Gasteiger partial charge in [0.15, 0.2) is 0 Å². The van der Waals surface area contributed by atoms with Crippen LogP contribution in [-0.4, -0.2) is 25.7 Å². The molecule has 0 unspecified atom stereocenters. The van der Waals surface area contributed by atoms with Crippen molar-refractivity contribution in [1.82, 2.24) is 14.9 Å². The summed E-state index contributed by atoms with van der Waals surface area (Å²) in [5, 5.41) is 6.14. The molecule has 0 aliphatic rings. The highest BCUT2D eigenvalue weighted by Crippen LogP contribution is 2.24.